The summed E-state index contributed by atoms with van der Waals surface area (Å²) >= 11 is 0. The average Bonchev–Trinajstić information content (AvgIpc) is 3.14. The first-order valence-corrected chi connectivity index (χ1v) is 9.89. The number of benzene rings is 2. The van der Waals surface area contributed by atoms with E-state index in [9.17, 15) is 4.79 Å². The number of quaternary nitrogens is 1. The summed E-state index contributed by atoms with van der Waals surface area (Å²) in [5, 5.41) is 4.32. The van der Waals surface area contributed by atoms with Crippen LogP contribution >= 0.6 is 0 Å². The Kier molecular flexibility index (Phi) is 5.26. The zero-order valence-corrected chi connectivity index (χ0v) is 16.6. The second-order valence-electron chi connectivity index (χ2n) is 7.64. The fraction of sp³-hybridized carbons (Fsp3) is 0.304. The molecule has 0 radical (unpaired) electrons. The number of nitrogens with zero attached hydrogens (tertiary/aromatic N) is 3. The Morgan fingerprint density at radius 3 is 2.43 bits per heavy atom. The molecule has 1 saturated heterocycles. The van der Waals surface area contributed by atoms with E-state index in [0.717, 1.165) is 49.7 Å². The number of aryl methyl sites for hydroxylation is 2. The third kappa shape index (κ3) is 3.99. The van der Waals surface area contributed by atoms with Gasteiger partial charge in [0.2, 0.25) is 0 Å². The van der Waals surface area contributed by atoms with Gasteiger partial charge >= 0.3 is 0 Å². The SMILES string of the molecule is Cc1cccc(C[NH+]2CCN(C(=O)c3ccc(-n4nccc4C)cc3)CC2)c1. The maximum absolute atomic E-state index is 12.9. The Hall–Kier alpha value is -2.92. The monoisotopic (exact) mass is 375 g/mol. The number of nitrogens with one attached hydrogen (secondary N) is 1. The van der Waals surface area contributed by atoms with Gasteiger partial charge in [-0.25, -0.2) is 4.68 Å². The molecule has 2 aromatic carbocycles. The van der Waals surface area contributed by atoms with Crippen molar-refractivity contribution in [1.29, 1.82) is 0 Å². The van der Waals surface area contributed by atoms with Crippen LogP contribution in [0, 0.1) is 13.8 Å². The molecule has 0 aliphatic carbocycles. The quantitative estimate of drug-likeness (QED) is 0.758. The summed E-state index contributed by atoms with van der Waals surface area (Å²) in [6, 6.07) is 18.4. The lowest BCUT2D eigenvalue weighted by atomic mass is 10.1. The average molecular weight is 375 g/mol. The highest BCUT2D eigenvalue weighted by Gasteiger charge is 2.24. The third-order valence-corrected chi connectivity index (χ3v) is 5.49. The fourth-order valence-corrected chi connectivity index (χ4v) is 3.88. The standard InChI is InChI=1S/C23H26N4O/c1-18-4-3-5-20(16-18)17-25-12-14-26(15-13-25)23(28)21-6-8-22(9-7-21)27-19(2)10-11-24-27/h3-11,16H,12-15,17H2,1-2H3/p+1. The van der Waals surface area contributed by atoms with Gasteiger partial charge in [0, 0.05) is 23.0 Å². The van der Waals surface area contributed by atoms with Crippen LogP contribution in [0.1, 0.15) is 27.2 Å². The minimum atomic E-state index is 0.123. The molecule has 1 amide bonds. The molecular formula is C23H27N4O+. The molecule has 0 bridgehead atoms. The summed E-state index contributed by atoms with van der Waals surface area (Å²) in [5.41, 5.74) is 5.48. The fourth-order valence-electron chi connectivity index (χ4n) is 3.88. The molecule has 144 valence electrons. The third-order valence-electron chi connectivity index (χ3n) is 5.49. The molecule has 0 saturated carbocycles. The van der Waals surface area contributed by atoms with Crippen molar-refractivity contribution in [2.24, 2.45) is 0 Å². The molecule has 1 aromatic heterocycles. The number of piperazine rings is 1. The molecule has 5 nitrogen and oxygen atoms in total. The first-order valence-electron chi connectivity index (χ1n) is 9.89. The Morgan fingerprint density at radius 1 is 1.04 bits per heavy atom. The van der Waals surface area contributed by atoms with Gasteiger partial charge in [0.25, 0.3) is 5.91 Å². The summed E-state index contributed by atoms with van der Waals surface area (Å²) in [6.07, 6.45) is 1.78. The highest BCUT2D eigenvalue weighted by atomic mass is 16.2. The second kappa shape index (κ2) is 7.98. The highest BCUT2D eigenvalue weighted by molar-refractivity contribution is 5.94. The molecule has 1 fully saturated rings. The molecular weight excluding hydrogens is 348 g/mol. The molecule has 0 spiro atoms. The van der Waals surface area contributed by atoms with Crippen LogP contribution in [0.15, 0.2) is 60.8 Å². The Labute approximate surface area is 166 Å². The van der Waals surface area contributed by atoms with Gasteiger partial charge in [0.1, 0.15) is 6.54 Å². The smallest absolute Gasteiger partial charge is 0.254 e. The predicted octanol–water partition coefficient (Wildman–Crippen LogP) is 2.03. The number of amides is 1. The number of aromatic nitrogens is 2. The zero-order valence-electron chi connectivity index (χ0n) is 16.6. The van der Waals surface area contributed by atoms with E-state index in [1.807, 2.05) is 46.8 Å². The lowest BCUT2D eigenvalue weighted by molar-refractivity contribution is -0.917. The van der Waals surface area contributed by atoms with E-state index in [4.69, 9.17) is 0 Å². The second-order valence-corrected chi connectivity index (χ2v) is 7.64. The molecule has 4 rings (SSSR count). The maximum Gasteiger partial charge on any atom is 0.254 e. The molecule has 1 N–H and O–H groups in total. The number of rotatable bonds is 4. The van der Waals surface area contributed by atoms with Crippen molar-refractivity contribution in [3.8, 4) is 5.69 Å². The molecule has 1 aliphatic heterocycles. The summed E-state index contributed by atoms with van der Waals surface area (Å²) in [5.74, 6) is 0.123. The van der Waals surface area contributed by atoms with Crippen LogP contribution in [0.2, 0.25) is 0 Å². The Balaban J connectivity index is 1.35. The molecule has 5 heteroatoms. The summed E-state index contributed by atoms with van der Waals surface area (Å²) in [6.45, 7) is 8.77. The summed E-state index contributed by atoms with van der Waals surface area (Å²) < 4.78 is 1.88. The van der Waals surface area contributed by atoms with Crippen molar-refractivity contribution in [3.05, 3.63) is 83.2 Å². The minimum Gasteiger partial charge on any atom is -0.328 e. The maximum atomic E-state index is 12.9. The summed E-state index contributed by atoms with van der Waals surface area (Å²) in [7, 11) is 0. The van der Waals surface area contributed by atoms with Crippen LogP contribution < -0.4 is 4.90 Å². The van der Waals surface area contributed by atoms with E-state index < -0.39 is 0 Å². The molecule has 0 atom stereocenters. The van der Waals surface area contributed by atoms with Crippen molar-refractivity contribution in [3.63, 3.8) is 0 Å². The van der Waals surface area contributed by atoms with Gasteiger partial charge in [0.15, 0.2) is 0 Å². The van der Waals surface area contributed by atoms with Gasteiger partial charge in [-0.2, -0.15) is 5.10 Å². The lowest BCUT2D eigenvalue weighted by Crippen LogP contribution is -3.13. The van der Waals surface area contributed by atoms with Gasteiger partial charge in [-0.1, -0.05) is 29.8 Å². The predicted molar refractivity (Wildman–Crippen MR) is 110 cm³/mol. The van der Waals surface area contributed by atoms with Crippen molar-refractivity contribution in [2.75, 3.05) is 26.2 Å². The number of hydrogen-bond donors (Lipinski definition) is 1. The van der Waals surface area contributed by atoms with Gasteiger partial charge in [-0.05, 0) is 44.2 Å². The normalized spacial score (nSPS) is 15.0. The van der Waals surface area contributed by atoms with Crippen LogP contribution in [0.25, 0.3) is 5.69 Å². The summed E-state index contributed by atoms with van der Waals surface area (Å²) in [4.78, 5) is 16.4. The molecule has 1 aliphatic rings. The van der Waals surface area contributed by atoms with Gasteiger partial charge < -0.3 is 9.80 Å². The minimum absolute atomic E-state index is 0.123. The molecule has 0 unspecified atom stereocenters. The molecule has 3 aromatic rings. The van der Waals surface area contributed by atoms with Gasteiger partial charge in [-0.3, -0.25) is 4.79 Å². The first-order chi connectivity index (χ1) is 13.6. The van der Waals surface area contributed by atoms with Crippen LogP contribution in [-0.2, 0) is 6.54 Å². The van der Waals surface area contributed by atoms with Crippen molar-refractivity contribution < 1.29 is 9.69 Å². The van der Waals surface area contributed by atoms with E-state index in [-0.39, 0.29) is 5.91 Å². The van der Waals surface area contributed by atoms with Crippen molar-refractivity contribution >= 4 is 5.91 Å². The van der Waals surface area contributed by atoms with E-state index in [0.29, 0.717) is 0 Å². The van der Waals surface area contributed by atoms with Crippen LogP contribution in [0.4, 0.5) is 0 Å². The van der Waals surface area contributed by atoms with Crippen LogP contribution in [0.3, 0.4) is 0 Å². The highest BCUT2D eigenvalue weighted by Crippen LogP contribution is 2.13. The van der Waals surface area contributed by atoms with Crippen molar-refractivity contribution in [2.45, 2.75) is 20.4 Å². The zero-order chi connectivity index (χ0) is 19.5. The topological polar surface area (TPSA) is 42.6 Å². The number of carbonyl (C=O) groups excluding carboxylic acids is 1. The van der Waals surface area contributed by atoms with Crippen LogP contribution in [0.5, 0.6) is 0 Å². The van der Waals surface area contributed by atoms with E-state index in [1.165, 1.54) is 11.1 Å². The molecule has 2 heterocycles. The van der Waals surface area contributed by atoms with Crippen molar-refractivity contribution in [1.82, 2.24) is 14.7 Å². The molecule has 28 heavy (non-hydrogen) atoms. The van der Waals surface area contributed by atoms with E-state index in [2.05, 4.69) is 36.3 Å². The number of carbonyl (C=O) groups is 1. The van der Waals surface area contributed by atoms with Crippen LogP contribution in [-0.4, -0.2) is 46.8 Å². The van der Waals surface area contributed by atoms with Gasteiger partial charge in [-0.15, -0.1) is 0 Å². The largest absolute Gasteiger partial charge is 0.328 e. The lowest BCUT2D eigenvalue weighted by Gasteiger charge is -2.32. The first kappa shape index (κ1) is 18.4. The number of hydrogen-bond acceptors (Lipinski definition) is 2. The Morgan fingerprint density at radius 2 is 1.79 bits per heavy atom. The van der Waals surface area contributed by atoms with E-state index >= 15 is 0 Å². The Bertz CT molecular complexity index is 953. The van der Waals surface area contributed by atoms with Gasteiger partial charge in [0.05, 0.1) is 31.9 Å². The van der Waals surface area contributed by atoms with E-state index in [1.54, 1.807) is 11.1 Å².